The highest BCUT2D eigenvalue weighted by molar-refractivity contribution is 5.98. The fourth-order valence-electron chi connectivity index (χ4n) is 1.70. The number of Topliss-reactive ketones (excluding diaryl/α,β-unsaturated/α-hetero) is 1. The average molecular weight is 208 g/mol. The van der Waals surface area contributed by atoms with Crippen molar-refractivity contribution in [3.63, 3.8) is 0 Å². The molecule has 0 saturated carbocycles. The Morgan fingerprint density at radius 3 is 2.93 bits per heavy atom. The Labute approximate surface area is 87.7 Å². The van der Waals surface area contributed by atoms with Gasteiger partial charge in [0, 0.05) is 12.1 Å². The Hall–Kier alpha value is -1.29. The summed E-state index contributed by atoms with van der Waals surface area (Å²) in [5, 5.41) is 3.10. The second-order valence-electron chi connectivity index (χ2n) is 3.93. The standard InChI is InChI=1S/C11H13FN2O/c1-7(8-4-14-5-8)11(15)9-2-3-13-6-10(9)12/h2-3,6-8,14H,4-5H2,1H3. The van der Waals surface area contributed by atoms with Gasteiger partial charge in [-0.25, -0.2) is 4.39 Å². The fourth-order valence-corrected chi connectivity index (χ4v) is 1.70. The van der Waals surface area contributed by atoms with Crippen molar-refractivity contribution in [2.75, 3.05) is 13.1 Å². The van der Waals surface area contributed by atoms with E-state index < -0.39 is 5.82 Å². The third-order valence-corrected chi connectivity index (χ3v) is 2.97. The summed E-state index contributed by atoms with van der Waals surface area (Å²) in [6.45, 7) is 3.55. The van der Waals surface area contributed by atoms with Gasteiger partial charge in [-0.3, -0.25) is 9.78 Å². The molecule has 0 aliphatic carbocycles. The topological polar surface area (TPSA) is 42.0 Å². The van der Waals surface area contributed by atoms with Crippen molar-refractivity contribution in [1.82, 2.24) is 10.3 Å². The molecule has 0 aromatic carbocycles. The van der Waals surface area contributed by atoms with E-state index in [1.165, 1.54) is 12.3 Å². The summed E-state index contributed by atoms with van der Waals surface area (Å²) in [6.07, 6.45) is 2.53. The Morgan fingerprint density at radius 1 is 1.67 bits per heavy atom. The number of carbonyl (C=O) groups is 1. The zero-order chi connectivity index (χ0) is 10.8. The molecule has 1 aromatic heterocycles. The van der Waals surface area contributed by atoms with Gasteiger partial charge in [-0.05, 0) is 25.1 Å². The molecule has 0 radical (unpaired) electrons. The van der Waals surface area contributed by atoms with Gasteiger partial charge in [0.05, 0.1) is 11.8 Å². The first-order chi connectivity index (χ1) is 7.20. The zero-order valence-electron chi connectivity index (χ0n) is 8.53. The summed E-state index contributed by atoms with van der Waals surface area (Å²) < 4.78 is 13.3. The quantitative estimate of drug-likeness (QED) is 0.760. The third kappa shape index (κ3) is 1.90. The number of rotatable bonds is 3. The van der Waals surface area contributed by atoms with Crippen LogP contribution in [0.15, 0.2) is 18.5 Å². The molecule has 15 heavy (non-hydrogen) atoms. The molecule has 2 heterocycles. The predicted octanol–water partition coefficient (Wildman–Crippen LogP) is 1.26. The van der Waals surface area contributed by atoms with Gasteiger partial charge in [-0.1, -0.05) is 6.92 Å². The summed E-state index contributed by atoms with van der Waals surface area (Å²) in [5.41, 5.74) is 0.157. The third-order valence-electron chi connectivity index (χ3n) is 2.97. The summed E-state index contributed by atoms with van der Waals surface area (Å²) in [5.74, 6) is -0.434. The highest BCUT2D eigenvalue weighted by Crippen LogP contribution is 2.21. The molecule has 0 amide bonds. The number of pyridine rings is 1. The number of aromatic nitrogens is 1. The van der Waals surface area contributed by atoms with Crippen molar-refractivity contribution >= 4 is 5.78 Å². The van der Waals surface area contributed by atoms with Crippen LogP contribution in [0.3, 0.4) is 0 Å². The summed E-state index contributed by atoms with van der Waals surface area (Å²) >= 11 is 0. The van der Waals surface area contributed by atoms with Crippen LogP contribution < -0.4 is 5.32 Å². The van der Waals surface area contributed by atoms with Crippen LogP contribution in [-0.2, 0) is 0 Å². The maximum Gasteiger partial charge on any atom is 0.169 e. The van der Waals surface area contributed by atoms with Crippen molar-refractivity contribution in [3.05, 3.63) is 29.8 Å². The average Bonchev–Trinajstić information content (AvgIpc) is 2.15. The number of carbonyl (C=O) groups excluding carboxylic acids is 1. The summed E-state index contributed by atoms with van der Waals surface area (Å²) in [6, 6.07) is 1.44. The molecule has 1 saturated heterocycles. The Bertz CT molecular complexity index is 377. The van der Waals surface area contributed by atoms with E-state index in [0.717, 1.165) is 19.3 Å². The van der Waals surface area contributed by atoms with Crippen LogP contribution in [0.4, 0.5) is 4.39 Å². The lowest BCUT2D eigenvalue weighted by Gasteiger charge is -2.31. The van der Waals surface area contributed by atoms with Gasteiger partial charge in [0.15, 0.2) is 11.6 Å². The van der Waals surface area contributed by atoms with E-state index in [1.807, 2.05) is 6.92 Å². The maximum atomic E-state index is 13.3. The lowest BCUT2D eigenvalue weighted by atomic mass is 9.83. The molecule has 0 bridgehead atoms. The SMILES string of the molecule is CC(C(=O)c1ccncc1F)C1CNC1. The Morgan fingerprint density at radius 2 is 2.40 bits per heavy atom. The molecular formula is C11H13FN2O. The van der Waals surface area contributed by atoms with Gasteiger partial charge in [0.1, 0.15) is 0 Å². The van der Waals surface area contributed by atoms with E-state index >= 15 is 0 Å². The molecule has 1 fully saturated rings. The summed E-state index contributed by atoms with van der Waals surface area (Å²) in [4.78, 5) is 15.5. The minimum absolute atomic E-state index is 0.122. The Kier molecular flexibility index (Phi) is 2.77. The van der Waals surface area contributed by atoms with Crippen molar-refractivity contribution in [2.45, 2.75) is 6.92 Å². The molecule has 1 aromatic rings. The van der Waals surface area contributed by atoms with Crippen LogP contribution in [0.5, 0.6) is 0 Å². The smallest absolute Gasteiger partial charge is 0.169 e. The largest absolute Gasteiger partial charge is 0.316 e. The van der Waals surface area contributed by atoms with E-state index in [-0.39, 0.29) is 17.3 Å². The zero-order valence-corrected chi connectivity index (χ0v) is 8.53. The number of hydrogen-bond acceptors (Lipinski definition) is 3. The van der Waals surface area contributed by atoms with E-state index in [0.29, 0.717) is 5.92 Å². The van der Waals surface area contributed by atoms with Crippen LogP contribution in [0.25, 0.3) is 0 Å². The van der Waals surface area contributed by atoms with E-state index in [4.69, 9.17) is 0 Å². The maximum absolute atomic E-state index is 13.3. The molecule has 3 nitrogen and oxygen atoms in total. The monoisotopic (exact) mass is 208 g/mol. The molecular weight excluding hydrogens is 195 g/mol. The highest BCUT2D eigenvalue weighted by Gasteiger charge is 2.30. The number of hydrogen-bond donors (Lipinski definition) is 1. The minimum atomic E-state index is -0.526. The van der Waals surface area contributed by atoms with E-state index in [2.05, 4.69) is 10.3 Å². The van der Waals surface area contributed by atoms with Gasteiger partial charge in [0.2, 0.25) is 0 Å². The lowest BCUT2D eigenvalue weighted by molar-refractivity contribution is 0.0849. The van der Waals surface area contributed by atoms with Crippen LogP contribution in [0.1, 0.15) is 17.3 Å². The van der Waals surface area contributed by atoms with E-state index in [1.54, 1.807) is 0 Å². The second kappa shape index (κ2) is 4.06. The minimum Gasteiger partial charge on any atom is -0.316 e. The van der Waals surface area contributed by atoms with Gasteiger partial charge in [-0.15, -0.1) is 0 Å². The van der Waals surface area contributed by atoms with E-state index in [9.17, 15) is 9.18 Å². The molecule has 4 heteroatoms. The number of nitrogens with zero attached hydrogens (tertiary/aromatic N) is 1. The molecule has 1 aliphatic heterocycles. The molecule has 2 rings (SSSR count). The molecule has 80 valence electrons. The normalized spacial score (nSPS) is 18.3. The van der Waals surface area contributed by atoms with Crippen LogP contribution in [0.2, 0.25) is 0 Å². The summed E-state index contributed by atoms with van der Waals surface area (Å²) in [7, 11) is 0. The van der Waals surface area contributed by atoms with Crippen LogP contribution in [0, 0.1) is 17.7 Å². The van der Waals surface area contributed by atoms with Crippen molar-refractivity contribution in [1.29, 1.82) is 0 Å². The first kappa shape index (κ1) is 10.2. The van der Waals surface area contributed by atoms with Crippen molar-refractivity contribution in [2.24, 2.45) is 11.8 Å². The molecule has 1 unspecified atom stereocenters. The number of ketones is 1. The van der Waals surface area contributed by atoms with Gasteiger partial charge >= 0.3 is 0 Å². The molecule has 1 atom stereocenters. The molecule has 1 aliphatic rings. The highest BCUT2D eigenvalue weighted by atomic mass is 19.1. The molecule has 1 N–H and O–H groups in total. The van der Waals surface area contributed by atoms with Crippen LogP contribution in [-0.4, -0.2) is 23.9 Å². The lowest BCUT2D eigenvalue weighted by Crippen LogP contribution is -2.47. The van der Waals surface area contributed by atoms with Crippen molar-refractivity contribution < 1.29 is 9.18 Å². The van der Waals surface area contributed by atoms with Gasteiger partial charge < -0.3 is 5.32 Å². The van der Waals surface area contributed by atoms with Crippen LogP contribution >= 0.6 is 0 Å². The predicted molar refractivity (Wildman–Crippen MR) is 54.0 cm³/mol. The second-order valence-corrected chi connectivity index (χ2v) is 3.93. The Balaban J connectivity index is 2.16. The first-order valence-electron chi connectivity index (χ1n) is 5.04. The van der Waals surface area contributed by atoms with Crippen molar-refractivity contribution in [3.8, 4) is 0 Å². The van der Waals surface area contributed by atoms with Gasteiger partial charge in [0.25, 0.3) is 0 Å². The number of halogens is 1. The number of nitrogens with one attached hydrogen (secondary N) is 1. The molecule has 0 spiro atoms. The fraction of sp³-hybridized carbons (Fsp3) is 0.455. The first-order valence-corrected chi connectivity index (χ1v) is 5.04. The van der Waals surface area contributed by atoms with Gasteiger partial charge in [-0.2, -0.15) is 0 Å².